The Labute approximate surface area is 144 Å². The number of hydrogen-bond acceptors (Lipinski definition) is 2. The maximum atomic E-state index is 13.0. The average Bonchev–Trinajstić information content (AvgIpc) is 2.44. The number of carbonyl (C=O) groups excluding carboxylic acids is 1. The molecule has 1 aliphatic carbocycles. The summed E-state index contributed by atoms with van der Waals surface area (Å²) < 4.78 is 6.13. The minimum atomic E-state index is -0.372. The Morgan fingerprint density at radius 2 is 1.57 bits per heavy atom. The van der Waals surface area contributed by atoms with E-state index in [-0.39, 0.29) is 17.0 Å². The van der Waals surface area contributed by atoms with Crippen LogP contribution in [-0.2, 0) is 9.53 Å². The van der Waals surface area contributed by atoms with Crippen molar-refractivity contribution < 1.29 is 9.53 Å². The van der Waals surface area contributed by atoms with Crippen LogP contribution in [0.5, 0.6) is 0 Å². The topological polar surface area (TPSA) is 26.3 Å². The quantitative estimate of drug-likeness (QED) is 0.519. The molecule has 0 heterocycles. The summed E-state index contributed by atoms with van der Waals surface area (Å²) in [6, 6.07) is 0. The number of esters is 1. The van der Waals surface area contributed by atoms with Crippen LogP contribution >= 0.6 is 0 Å². The molecular formula is C21H40O2. The fraction of sp³-hybridized carbons (Fsp3) is 0.952. The summed E-state index contributed by atoms with van der Waals surface area (Å²) in [5.41, 5.74) is -0.714. The van der Waals surface area contributed by atoms with Crippen LogP contribution in [0, 0.1) is 29.1 Å². The highest BCUT2D eigenvalue weighted by Gasteiger charge is 2.43. The molecule has 1 aliphatic rings. The summed E-state index contributed by atoms with van der Waals surface area (Å²) >= 11 is 0. The summed E-state index contributed by atoms with van der Waals surface area (Å²) in [6.07, 6.45) is 6.89. The Balaban J connectivity index is 2.76. The molecule has 0 amide bonds. The maximum Gasteiger partial charge on any atom is 0.312 e. The van der Waals surface area contributed by atoms with Crippen molar-refractivity contribution >= 4 is 5.97 Å². The van der Waals surface area contributed by atoms with Crippen LogP contribution in [0.15, 0.2) is 0 Å². The minimum absolute atomic E-state index is 0.0109. The normalized spacial score (nSPS) is 25.5. The fourth-order valence-electron chi connectivity index (χ4n) is 3.61. The molecular weight excluding hydrogens is 284 g/mol. The van der Waals surface area contributed by atoms with Crippen molar-refractivity contribution in [1.29, 1.82) is 0 Å². The maximum absolute atomic E-state index is 13.0. The van der Waals surface area contributed by atoms with Crippen LogP contribution < -0.4 is 0 Å². The van der Waals surface area contributed by atoms with E-state index in [9.17, 15) is 4.79 Å². The molecule has 1 rings (SSSR count). The highest BCUT2D eigenvalue weighted by molar-refractivity contribution is 5.77. The van der Waals surface area contributed by atoms with Crippen molar-refractivity contribution in [3.63, 3.8) is 0 Å². The second-order valence-corrected chi connectivity index (χ2v) is 9.45. The lowest BCUT2D eigenvalue weighted by atomic mass is 9.73. The highest BCUT2D eigenvalue weighted by atomic mass is 16.6. The van der Waals surface area contributed by atoms with Gasteiger partial charge in [-0.05, 0) is 70.1 Å². The molecule has 0 aromatic heterocycles. The van der Waals surface area contributed by atoms with Gasteiger partial charge in [-0.3, -0.25) is 4.79 Å². The fourth-order valence-corrected chi connectivity index (χ4v) is 3.61. The standard InChI is InChI=1S/C21H40O2/c1-15(2)13-14-21(8,16(3)4)19(22)23-20(6,7)18-11-9-17(5)10-12-18/h15-18H,9-14H2,1-8H3. The first-order valence-corrected chi connectivity index (χ1v) is 9.72. The smallest absolute Gasteiger partial charge is 0.312 e. The summed E-state index contributed by atoms with van der Waals surface area (Å²) in [5.74, 6) is 2.26. The molecule has 0 saturated heterocycles. The Kier molecular flexibility index (Phi) is 7.16. The first kappa shape index (κ1) is 20.5. The second-order valence-electron chi connectivity index (χ2n) is 9.45. The van der Waals surface area contributed by atoms with Gasteiger partial charge in [0.2, 0.25) is 0 Å². The van der Waals surface area contributed by atoms with Gasteiger partial charge < -0.3 is 4.74 Å². The van der Waals surface area contributed by atoms with E-state index in [1.165, 1.54) is 25.7 Å². The number of hydrogen-bond donors (Lipinski definition) is 0. The van der Waals surface area contributed by atoms with Gasteiger partial charge in [-0.25, -0.2) is 0 Å². The third kappa shape index (κ3) is 5.50. The van der Waals surface area contributed by atoms with E-state index in [1.54, 1.807) is 0 Å². The van der Waals surface area contributed by atoms with E-state index in [4.69, 9.17) is 4.74 Å². The number of ether oxygens (including phenoxy) is 1. The lowest BCUT2D eigenvalue weighted by Gasteiger charge is -2.41. The molecule has 2 nitrogen and oxygen atoms in total. The van der Waals surface area contributed by atoms with Crippen molar-refractivity contribution in [2.45, 2.75) is 99.5 Å². The lowest BCUT2D eigenvalue weighted by molar-refractivity contribution is -0.178. The monoisotopic (exact) mass is 324 g/mol. The van der Waals surface area contributed by atoms with Crippen molar-refractivity contribution in [2.75, 3.05) is 0 Å². The zero-order valence-corrected chi connectivity index (χ0v) is 16.9. The van der Waals surface area contributed by atoms with Crippen LogP contribution in [0.3, 0.4) is 0 Å². The first-order valence-electron chi connectivity index (χ1n) is 9.72. The van der Waals surface area contributed by atoms with Crippen LogP contribution in [0.4, 0.5) is 0 Å². The molecule has 1 unspecified atom stereocenters. The lowest BCUT2D eigenvalue weighted by Crippen LogP contribution is -2.44. The predicted molar refractivity (Wildman–Crippen MR) is 98.3 cm³/mol. The Morgan fingerprint density at radius 3 is 2.00 bits per heavy atom. The van der Waals surface area contributed by atoms with Crippen LogP contribution in [0.1, 0.15) is 93.9 Å². The third-order valence-electron chi connectivity index (χ3n) is 6.34. The highest BCUT2D eigenvalue weighted by Crippen LogP contribution is 2.41. The van der Waals surface area contributed by atoms with Gasteiger partial charge in [0.05, 0.1) is 5.41 Å². The van der Waals surface area contributed by atoms with Crippen LogP contribution in [0.25, 0.3) is 0 Å². The van der Waals surface area contributed by atoms with Crippen molar-refractivity contribution in [3.8, 4) is 0 Å². The molecule has 23 heavy (non-hydrogen) atoms. The van der Waals surface area contributed by atoms with Gasteiger partial charge >= 0.3 is 5.97 Å². The van der Waals surface area contributed by atoms with Gasteiger partial charge in [-0.15, -0.1) is 0 Å². The molecule has 0 bridgehead atoms. The number of rotatable bonds is 7. The zero-order valence-electron chi connectivity index (χ0n) is 16.9. The summed E-state index contributed by atoms with van der Waals surface area (Å²) in [5, 5.41) is 0. The Hall–Kier alpha value is -0.530. The van der Waals surface area contributed by atoms with Gasteiger partial charge in [0, 0.05) is 0 Å². The molecule has 0 aliphatic heterocycles. The molecule has 1 saturated carbocycles. The largest absolute Gasteiger partial charge is 0.459 e. The molecule has 136 valence electrons. The zero-order chi connectivity index (χ0) is 17.8. The SMILES string of the molecule is CC(C)CCC(C)(C(=O)OC(C)(C)C1CCC(C)CC1)C(C)C. The van der Waals surface area contributed by atoms with Gasteiger partial charge in [0.25, 0.3) is 0 Å². The minimum Gasteiger partial charge on any atom is -0.459 e. The average molecular weight is 325 g/mol. The first-order chi connectivity index (χ1) is 10.5. The summed E-state index contributed by atoms with van der Waals surface area (Å²) in [6.45, 7) is 17.4. The third-order valence-corrected chi connectivity index (χ3v) is 6.34. The molecule has 0 radical (unpaired) electrons. The van der Waals surface area contributed by atoms with Gasteiger partial charge in [0.15, 0.2) is 0 Å². The predicted octanol–water partition coefficient (Wildman–Crippen LogP) is 6.23. The summed E-state index contributed by atoms with van der Waals surface area (Å²) in [7, 11) is 0. The van der Waals surface area contributed by atoms with Crippen molar-refractivity contribution in [1.82, 2.24) is 0 Å². The van der Waals surface area contributed by atoms with Crippen molar-refractivity contribution in [3.05, 3.63) is 0 Å². The molecule has 1 fully saturated rings. The van der Waals surface area contributed by atoms with E-state index in [1.807, 2.05) is 0 Å². The van der Waals surface area contributed by atoms with Gasteiger partial charge in [-0.2, -0.15) is 0 Å². The van der Waals surface area contributed by atoms with E-state index < -0.39 is 0 Å². The summed E-state index contributed by atoms with van der Waals surface area (Å²) in [4.78, 5) is 13.0. The molecule has 2 heteroatoms. The second kappa shape index (κ2) is 8.03. The van der Waals surface area contributed by atoms with Gasteiger partial charge in [-0.1, -0.05) is 47.5 Å². The van der Waals surface area contributed by atoms with Crippen LogP contribution in [-0.4, -0.2) is 11.6 Å². The molecule has 0 N–H and O–H groups in total. The van der Waals surface area contributed by atoms with E-state index in [0.717, 1.165) is 18.8 Å². The van der Waals surface area contributed by atoms with Crippen molar-refractivity contribution in [2.24, 2.45) is 29.1 Å². The molecule has 0 spiro atoms. The Morgan fingerprint density at radius 1 is 1.04 bits per heavy atom. The van der Waals surface area contributed by atoms with Crippen LogP contribution in [0.2, 0.25) is 0 Å². The van der Waals surface area contributed by atoms with Gasteiger partial charge in [0.1, 0.15) is 5.60 Å². The molecule has 1 atom stereocenters. The van der Waals surface area contributed by atoms with E-state index >= 15 is 0 Å². The Bertz CT molecular complexity index is 375. The molecule has 0 aromatic rings. The van der Waals surface area contributed by atoms with E-state index in [2.05, 4.69) is 55.4 Å². The van der Waals surface area contributed by atoms with E-state index in [0.29, 0.717) is 17.8 Å². The number of carbonyl (C=O) groups is 1. The molecule has 0 aromatic carbocycles.